The van der Waals surface area contributed by atoms with Gasteiger partial charge >= 0.3 is 0 Å². The molecule has 0 radical (unpaired) electrons. The first-order valence-corrected chi connectivity index (χ1v) is 9.65. The van der Waals surface area contributed by atoms with Crippen LogP contribution in [0.5, 0.6) is 0 Å². The highest BCUT2D eigenvalue weighted by molar-refractivity contribution is 7.99. The fourth-order valence-electron chi connectivity index (χ4n) is 3.74. The highest BCUT2D eigenvalue weighted by Gasteiger charge is 2.37. The van der Waals surface area contributed by atoms with E-state index in [1.807, 2.05) is 12.1 Å². The van der Waals surface area contributed by atoms with Gasteiger partial charge in [-0.15, -0.1) is 0 Å². The first-order valence-electron chi connectivity index (χ1n) is 8.08. The topological polar surface area (TPSA) is 49.0 Å². The van der Waals surface area contributed by atoms with Crippen molar-refractivity contribution in [2.45, 2.75) is 29.2 Å². The summed E-state index contributed by atoms with van der Waals surface area (Å²) in [5.74, 6) is 1.99. The van der Waals surface area contributed by atoms with Crippen LogP contribution in [0.4, 0.5) is 5.82 Å². The van der Waals surface area contributed by atoms with E-state index < -0.39 is 0 Å². The van der Waals surface area contributed by atoms with Gasteiger partial charge in [0, 0.05) is 18.0 Å². The first kappa shape index (κ1) is 16.3. The van der Waals surface area contributed by atoms with E-state index in [-0.39, 0.29) is 5.56 Å². The average molecular weight is 382 g/mol. The molecule has 1 N–H and O–H groups in total. The number of aromatic nitrogens is 2. The highest BCUT2D eigenvalue weighted by atomic mass is 35.5. The Morgan fingerprint density at radius 2 is 1.96 bits per heavy atom. The van der Waals surface area contributed by atoms with Gasteiger partial charge in [-0.2, -0.15) is 0 Å². The number of hydrogen-bond acceptors (Lipinski definition) is 4. The lowest BCUT2D eigenvalue weighted by molar-refractivity contribution is 0.494. The zero-order chi connectivity index (χ0) is 16.7. The second-order valence-electron chi connectivity index (χ2n) is 6.41. The minimum absolute atomic E-state index is 0.141. The van der Waals surface area contributed by atoms with Gasteiger partial charge in [0.1, 0.15) is 0 Å². The molecule has 0 bridgehead atoms. The summed E-state index contributed by atoms with van der Waals surface area (Å²) in [6.07, 6.45) is 5.58. The number of H-pyrrole nitrogens is 1. The predicted octanol–water partition coefficient (Wildman–Crippen LogP) is 4.46. The van der Waals surface area contributed by atoms with Crippen LogP contribution in [0.25, 0.3) is 0 Å². The first-order chi connectivity index (χ1) is 11.6. The van der Waals surface area contributed by atoms with Crippen molar-refractivity contribution in [2.24, 2.45) is 11.8 Å². The number of halogens is 2. The van der Waals surface area contributed by atoms with E-state index in [0.29, 0.717) is 20.9 Å². The Balaban J connectivity index is 1.54. The van der Waals surface area contributed by atoms with Crippen LogP contribution in [0.2, 0.25) is 10.0 Å². The van der Waals surface area contributed by atoms with Crippen molar-refractivity contribution < 1.29 is 0 Å². The molecule has 24 heavy (non-hydrogen) atoms. The molecular weight excluding hydrogens is 365 g/mol. The quantitative estimate of drug-likeness (QED) is 0.851. The van der Waals surface area contributed by atoms with Crippen LogP contribution < -0.4 is 10.5 Å². The van der Waals surface area contributed by atoms with E-state index in [1.54, 1.807) is 12.3 Å². The van der Waals surface area contributed by atoms with Crippen LogP contribution in [0.1, 0.15) is 19.3 Å². The van der Waals surface area contributed by atoms with Gasteiger partial charge in [0.05, 0.1) is 21.3 Å². The molecule has 2 heterocycles. The summed E-state index contributed by atoms with van der Waals surface area (Å²) in [5, 5.41) is 1.64. The Bertz CT molecular complexity index is 814. The van der Waals surface area contributed by atoms with Crippen molar-refractivity contribution in [2.75, 3.05) is 18.0 Å². The standard InChI is InChI=1S/C17H17Cl2N3OS/c18-12-5-2-6-13(15(12)19)24-14-7-20-16(17(23)21-14)22-8-10-3-1-4-11(10)9-22/h2,5-7,10-11H,1,3-4,8-9H2,(H,21,23). The maximum absolute atomic E-state index is 12.5. The Kier molecular flexibility index (Phi) is 4.50. The van der Waals surface area contributed by atoms with Crippen molar-refractivity contribution in [3.63, 3.8) is 0 Å². The molecule has 7 heteroatoms. The molecule has 1 saturated heterocycles. The van der Waals surface area contributed by atoms with Crippen LogP contribution in [0.3, 0.4) is 0 Å². The number of nitrogens with zero attached hydrogens (tertiary/aromatic N) is 2. The summed E-state index contributed by atoms with van der Waals surface area (Å²) in [7, 11) is 0. The van der Waals surface area contributed by atoms with E-state index in [1.165, 1.54) is 31.0 Å². The van der Waals surface area contributed by atoms with Gasteiger partial charge in [0.15, 0.2) is 5.82 Å². The Morgan fingerprint density at radius 1 is 1.21 bits per heavy atom. The van der Waals surface area contributed by atoms with Gasteiger partial charge < -0.3 is 9.88 Å². The summed E-state index contributed by atoms with van der Waals surface area (Å²) in [6.45, 7) is 1.90. The third-order valence-electron chi connectivity index (χ3n) is 4.91. The minimum atomic E-state index is -0.141. The Morgan fingerprint density at radius 3 is 2.67 bits per heavy atom. The molecule has 1 aliphatic heterocycles. The van der Waals surface area contributed by atoms with Gasteiger partial charge in [0.2, 0.25) is 0 Å². The molecule has 2 fully saturated rings. The number of anilines is 1. The van der Waals surface area contributed by atoms with Crippen molar-refractivity contribution in [1.82, 2.24) is 9.97 Å². The van der Waals surface area contributed by atoms with Crippen LogP contribution in [-0.2, 0) is 0 Å². The number of aromatic amines is 1. The molecule has 2 unspecified atom stereocenters. The second kappa shape index (κ2) is 6.62. The number of benzene rings is 1. The molecule has 126 valence electrons. The van der Waals surface area contributed by atoms with Gasteiger partial charge in [-0.25, -0.2) is 4.98 Å². The summed E-state index contributed by atoms with van der Waals surface area (Å²) >= 11 is 13.6. The third kappa shape index (κ3) is 3.05. The van der Waals surface area contributed by atoms with Gasteiger partial charge in [0.25, 0.3) is 5.56 Å². The number of nitrogens with one attached hydrogen (secondary N) is 1. The van der Waals surface area contributed by atoms with Crippen LogP contribution >= 0.6 is 35.0 Å². The fraction of sp³-hybridized carbons (Fsp3) is 0.412. The zero-order valence-electron chi connectivity index (χ0n) is 13.0. The molecule has 1 aromatic carbocycles. The van der Waals surface area contributed by atoms with E-state index in [9.17, 15) is 4.79 Å². The molecule has 4 nitrogen and oxygen atoms in total. The predicted molar refractivity (Wildman–Crippen MR) is 98.5 cm³/mol. The normalized spacial score (nSPS) is 22.8. The van der Waals surface area contributed by atoms with Crippen LogP contribution in [-0.4, -0.2) is 23.1 Å². The van der Waals surface area contributed by atoms with Crippen LogP contribution in [0.15, 0.2) is 39.1 Å². The molecule has 1 aliphatic carbocycles. The molecule has 0 spiro atoms. The lowest BCUT2D eigenvalue weighted by atomic mass is 10.0. The monoisotopic (exact) mass is 381 g/mol. The van der Waals surface area contributed by atoms with E-state index >= 15 is 0 Å². The summed E-state index contributed by atoms with van der Waals surface area (Å²) in [4.78, 5) is 22.7. The number of rotatable bonds is 3. The molecule has 0 amide bonds. The lowest BCUT2D eigenvalue weighted by Gasteiger charge is -2.17. The molecular formula is C17H17Cl2N3OS. The summed E-state index contributed by atoms with van der Waals surface area (Å²) < 4.78 is 0. The van der Waals surface area contributed by atoms with Gasteiger partial charge in [-0.3, -0.25) is 4.79 Å². The second-order valence-corrected chi connectivity index (χ2v) is 8.28. The molecule has 2 aromatic rings. The third-order valence-corrected chi connectivity index (χ3v) is 6.82. The average Bonchev–Trinajstić information content (AvgIpc) is 3.13. The molecule has 2 atom stereocenters. The van der Waals surface area contributed by atoms with Crippen molar-refractivity contribution >= 4 is 40.8 Å². The van der Waals surface area contributed by atoms with Gasteiger partial charge in [-0.05, 0) is 36.8 Å². The molecule has 2 aliphatic rings. The Labute approximate surface area is 154 Å². The van der Waals surface area contributed by atoms with Crippen LogP contribution in [0, 0.1) is 11.8 Å². The summed E-state index contributed by atoms with van der Waals surface area (Å²) in [5.41, 5.74) is -0.141. The van der Waals surface area contributed by atoms with Crippen molar-refractivity contribution in [3.05, 3.63) is 44.8 Å². The number of fused-ring (bicyclic) bond motifs is 1. The zero-order valence-corrected chi connectivity index (χ0v) is 15.3. The van der Waals surface area contributed by atoms with E-state index in [2.05, 4.69) is 14.9 Å². The largest absolute Gasteiger partial charge is 0.351 e. The van der Waals surface area contributed by atoms with Crippen molar-refractivity contribution in [3.8, 4) is 0 Å². The fourth-order valence-corrected chi connectivity index (χ4v) is 5.05. The Hall–Kier alpha value is -1.17. The molecule has 4 rings (SSSR count). The van der Waals surface area contributed by atoms with Gasteiger partial charge in [-0.1, -0.05) is 47.5 Å². The maximum atomic E-state index is 12.5. The lowest BCUT2D eigenvalue weighted by Crippen LogP contribution is -2.29. The highest BCUT2D eigenvalue weighted by Crippen LogP contribution is 2.39. The smallest absolute Gasteiger partial charge is 0.291 e. The molecule has 1 saturated carbocycles. The molecule has 1 aromatic heterocycles. The number of hydrogen-bond donors (Lipinski definition) is 1. The van der Waals surface area contributed by atoms with E-state index in [4.69, 9.17) is 23.2 Å². The minimum Gasteiger partial charge on any atom is -0.351 e. The summed E-state index contributed by atoms with van der Waals surface area (Å²) in [6, 6.07) is 5.44. The maximum Gasteiger partial charge on any atom is 0.291 e. The van der Waals surface area contributed by atoms with Crippen molar-refractivity contribution in [1.29, 1.82) is 0 Å². The van der Waals surface area contributed by atoms with E-state index in [0.717, 1.165) is 29.8 Å². The SMILES string of the molecule is O=c1[nH]c(Sc2cccc(Cl)c2Cl)cnc1N1CC2CCCC2C1.